The Balaban J connectivity index is 2.24. The van der Waals surface area contributed by atoms with Crippen LogP contribution in [0.4, 0.5) is 9.18 Å². The number of carboxylic acid groups (broad SMARTS) is 1. The first-order valence-corrected chi connectivity index (χ1v) is 5.97. The number of rotatable bonds is 2. The third-order valence-corrected chi connectivity index (χ3v) is 3.47. The fourth-order valence-corrected chi connectivity index (χ4v) is 2.43. The second-order valence-electron chi connectivity index (χ2n) is 4.62. The summed E-state index contributed by atoms with van der Waals surface area (Å²) in [5.41, 5.74) is 0.775. The van der Waals surface area contributed by atoms with Crippen molar-refractivity contribution in [2.45, 2.75) is 18.9 Å². The lowest BCUT2D eigenvalue weighted by Crippen LogP contribution is -2.41. The maximum absolute atomic E-state index is 12.9. The van der Waals surface area contributed by atoms with Gasteiger partial charge in [-0.25, -0.2) is 9.18 Å². The van der Waals surface area contributed by atoms with E-state index in [0.29, 0.717) is 19.4 Å². The summed E-state index contributed by atoms with van der Waals surface area (Å²) in [5, 5.41) is 18.4. The van der Waals surface area contributed by atoms with E-state index >= 15 is 0 Å². The number of halogens is 1. The van der Waals surface area contributed by atoms with Gasteiger partial charge in [0.1, 0.15) is 5.82 Å². The second-order valence-corrected chi connectivity index (χ2v) is 4.62. The largest absolute Gasteiger partial charge is 0.465 e. The lowest BCUT2D eigenvalue weighted by atomic mass is 9.88. The van der Waals surface area contributed by atoms with Crippen molar-refractivity contribution in [3.8, 4) is 0 Å². The molecule has 0 radical (unpaired) electrons. The molecular weight excluding hydrogens is 237 g/mol. The molecule has 0 saturated carbocycles. The predicted octanol–water partition coefficient (Wildman–Crippen LogP) is 2.25. The van der Waals surface area contributed by atoms with Gasteiger partial charge >= 0.3 is 6.09 Å². The minimum absolute atomic E-state index is 0.0607. The number of amides is 1. The molecule has 5 heteroatoms. The van der Waals surface area contributed by atoms with Gasteiger partial charge in [0.15, 0.2) is 0 Å². The van der Waals surface area contributed by atoms with Crippen molar-refractivity contribution >= 4 is 6.09 Å². The fraction of sp³-hybridized carbons (Fsp3) is 0.462. The van der Waals surface area contributed by atoms with Gasteiger partial charge < -0.3 is 15.1 Å². The van der Waals surface area contributed by atoms with Gasteiger partial charge in [-0.15, -0.1) is 0 Å². The zero-order valence-electron chi connectivity index (χ0n) is 9.92. The average molecular weight is 253 g/mol. The molecule has 0 aliphatic carbocycles. The number of aliphatic hydroxyl groups is 1. The molecule has 1 aliphatic rings. The van der Waals surface area contributed by atoms with E-state index in [-0.39, 0.29) is 24.4 Å². The Labute approximate surface area is 105 Å². The van der Waals surface area contributed by atoms with E-state index in [0.717, 1.165) is 5.56 Å². The maximum Gasteiger partial charge on any atom is 0.407 e. The van der Waals surface area contributed by atoms with E-state index in [9.17, 15) is 19.4 Å². The van der Waals surface area contributed by atoms with Gasteiger partial charge in [0.2, 0.25) is 0 Å². The van der Waals surface area contributed by atoms with Crippen LogP contribution >= 0.6 is 0 Å². The summed E-state index contributed by atoms with van der Waals surface area (Å²) in [5.74, 6) is -0.231. The summed E-state index contributed by atoms with van der Waals surface area (Å²) in [6, 6.07) is 5.58. The smallest absolute Gasteiger partial charge is 0.407 e. The highest BCUT2D eigenvalue weighted by Crippen LogP contribution is 2.34. The highest BCUT2D eigenvalue weighted by molar-refractivity contribution is 5.66. The summed E-state index contributed by atoms with van der Waals surface area (Å²) >= 11 is 0. The van der Waals surface area contributed by atoms with Crippen molar-refractivity contribution in [2.24, 2.45) is 5.92 Å². The van der Waals surface area contributed by atoms with E-state index in [1.54, 1.807) is 12.1 Å². The number of carbonyl (C=O) groups is 1. The van der Waals surface area contributed by atoms with Crippen molar-refractivity contribution in [3.63, 3.8) is 0 Å². The monoisotopic (exact) mass is 253 g/mol. The highest BCUT2D eigenvalue weighted by Gasteiger charge is 2.32. The van der Waals surface area contributed by atoms with Gasteiger partial charge in [0, 0.05) is 13.2 Å². The van der Waals surface area contributed by atoms with Crippen LogP contribution in [0.15, 0.2) is 24.3 Å². The third-order valence-electron chi connectivity index (χ3n) is 3.47. The van der Waals surface area contributed by atoms with E-state index in [4.69, 9.17) is 0 Å². The van der Waals surface area contributed by atoms with Crippen molar-refractivity contribution in [2.75, 3.05) is 13.2 Å². The lowest BCUT2D eigenvalue weighted by molar-refractivity contribution is 0.0719. The van der Waals surface area contributed by atoms with E-state index in [2.05, 4.69) is 0 Å². The number of benzene rings is 1. The molecule has 0 spiro atoms. The molecule has 0 aromatic heterocycles. The summed E-state index contributed by atoms with van der Waals surface area (Å²) in [6.45, 7) is 0.466. The predicted molar refractivity (Wildman–Crippen MR) is 63.7 cm³/mol. The molecular formula is C13H16FNO3. The maximum atomic E-state index is 12.9. The fourth-order valence-electron chi connectivity index (χ4n) is 2.43. The summed E-state index contributed by atoms with van der Waals surface area (Å²) < 4.78 is 12.9. The minimum Gasteiger partial charge on any atom is -0.465 e. The molecule has 1 aliphatic heterocycles. The Morgan fingerprint density at radius 3 is 2.61 bits per heavy atom. The van der Waals surface area contributed by atoms with Crippen LogP contribution in [-0.2, 0) is 0 Å². The molecule has 2 N–H and O–H groups in total. The second kappa shape index (κ2) is 5.35. The summed E-state index contributed by atoms with van der Waals surface area (Å²) in [4.78, 5) is 12.5. The van der Waals surface area contributed by atoms with Crippen LogP contribution in [0.5, 0.6) is 0 Å². The van der Waals surface area contributed by atoms with Gasteiger partial charge in [-0.3, -0.25) is 0 Å². The van der Waals surface area contributed by atoms with Crippen molar-refractivity contribution in [3.05, 3.63) is 35.6 Å². The number of piperidine rings is 1. The Bertz CT molecular complexity index is 421. The number of likely N-dealkylation sites (tertiary alicyclic amines) is 1. The summed E-state index contributed by atoms with van der Waals surface area (Å²) in [7, 11) is 0. The Kier molecular flexibility index (Phi) is 3.81. The van der Waals surface area contributed by atoms with Crippen LogP contribution in [0.2, 0.25) is 0 Å². The summed E-state index contributed by atoms with van der Waals surface area (Å²) in [6.07, 6.45) is 0.273. The van der Waals surface area contributed by atoms with E-state index in [1.165, 1.54) is 17.0 Å². The van der Waals surface area contributed by atoms with Crippen LogP contribution in [0.3, 0.4) is 0 Å². The average Bonchev–Trinajstić information content (AvgIpc) is 2.38. The van der Waals surface area contributed by atoms with Gasteiger partial charge in [-0.2, -0.15) is 0 Å². The molecule has 1 heterocycles. The molecule has 0 bridgehead atoms. The first-order valence-electron chi connectivity index (χ1n) is 5.97. The molecule has 4 nitrogen and oxygen atoms in total. The van der Waals surface area contributed by atoms with Gasteiger partial charge in [0.25, 0.3) is 0 Å². The molecule has 1 fully saturated rings. The standard InChI is InChI=1S/C13H16FNO3/c14-11-3-1-10(2-4-11)12-7-9(8-16)5-6-15(12)13(17)18/h1-4,9,12,16H,5-8H2,(H,17,18). The van der Waals surface area contributed by atoms with Crippen molar-refractivity contribution in [1.29, 1.82) is 0 Å². The molecule has 2 unspecified atom stereocenters. The highest BCUT2D eigenvalue weighted by atomic mass is 19.1. The van der Waals surface area contributed by atoms with Crippen LogP contribution in [0.25, 0.3) is 0 Å². The van der Waals surface area contributed by atoms with Crippen LogP contribution in [0.1, 0.15) is 24.4 Å². The lowest BCUT2D eigenvalue weighted by Gasteiger charge is -2.37. The molecule has 18 heavy (non-hydrogen) atoms. The van der Waals surface area contributed by atoms with Crippen LogP contribution in [0, 0.1) is 11.7 Å². The molecule has 1 aromatic carbocycles. The Hall–Kier alpha value is -1.62. The van der Waals surface area contributed by atoms with E-state index in [1.807, 2.05) is 0 Å². The van der Waals surface area contributed by atoms with Crippen LogP contribution in [-0.4, -0.2) is 34.4 Å². The zero-order chi connectivity index (χ0) is 13.1. The van der Waals surface area contributed by atoms with Crippen molar-refractivity contribution in [1.82, 2.24) is 4.90 Å². The SMILES string of the molecule is O=C(O)N1CCC(CO)CC1c1ccc(F)cc1. The van der Waals surface area contributed by atoms with Gasteiger partial charge in [-0.1, -0.05) is 12.1 Å². The molecule has 1 saturated heterocycles. The number of hydrogen-bond acceptors (Lipinski definition) is 2. The quantitative estimate of drug-likeness (QED) is 0.849. The topological polar surface area (TPSA) is 60.8 Å². The minimum atomic E-state index is -0.972. The van der Waals surface area contributed by atoms with Crippen molar-refractivity contribution < 1.29 is 19.4 Å². The number of hydrogen-bond donors (Lipinski definition) is 2. The van der Waals surface area contributed by atoms with Gasteiger partial charge in [0.05, 0.1) is 6.04 Å². The normalized spacial score (nSPS) is 24.0. The first-order chi connectivity index (χ1) is 8.61. The number of aliphatic hydroxyl groups excluding tert-OH is 1. The number of nitrogens with zero attached hydrogens (tertiary/aromatic N) is 1. The third kappa shape index (κ3) is 2.61. The van der Waals surface area contributed by atoms with Gasteiger partial charge in [-0.05, 0) is 36.5 Å². The van der Waals surface area contributed by atoms with Crippen LogP contribution < -0.4 is 0 Å². The zero-order valence-corrected chi connectivity index (χ0v) is 9.92. The molecule has 1 aromatic rings. The molecule has 2 atom stereocenters. The molecule has 2 rings (SSSR count). The van der Waals surface area contributed by atoms with E-state index < -0.39 is 6.09 Å². The molecule has 1 amide bonds. The molecule has 98 valence electrons. The Morgan fingerprint density at radius 1 is 1.39 bits per heavy atom. The Morgan fingerprint density at radius 2 is 2.06 bits per heavy atom. The first kappa shape index (κ1) is 12.8.